The maximum absolute atomic E-state index is 14.1. The molecule has 0 saturated heterocycles. The van der Waals surface area contributed by atoms with Crippen molar-refractivity contribution < 1.29 is 27.8 Å². The number of anilines is 1. The molecular formula is C25H21B3Cl2F3N3O4. The van der Waals surface area contributed by atoms with E-state index in [1.54, 1.807) is 19.1 Å². The minimum Gasteiger partial charge on any atom is -0.505 e. The largest absolute Gasteiger partial charge is 0.573 e. The number of hydrogen-bond donors (Lipinski definition) is 2. The molecule has 0 radical (unpaired) electrons. The summed E-state index contributed by atoms with van der Waals surface area (Å²) < 4.78 is 44.7. The van der Waals surface area contributed by atoms with Crippen LogP contribution < -0.4 is 15.6 Å². The number of benzene rings is 3. The minimum atomic E-state index is -4.93. The van der Waals surface area contributed by atoms with Crippen LogP contribution in [0, 0.1) is 6.92 Å². The Balaban J connectivity index is 1.90. The highest BCUT2D eigenvalue weighted by Crippen LogP contribution is 2.34. The standard InChI is InChI=1S/C25H21B3Cl2F3N3O4/c1-11-6-7-16(34-21(38)13-8-14(29)20(37)15(30)9-13)18-19(11)35-23(24(26,27)28)36(22(18)39)10-12-4-2-3-5-17(12)40-25(31,32)33/h2-9,37H,10,26-28H2,1H3,(H,34,38). The second kappa shape index (κ2) is 10.8. The average Bonchev–Trinajstić information content (AvgIpc) is 2.84. The Hall–Kier alpha value is -3.57. The van der Waals surface area contributed by atoms with Gasteiger partial charge >= 0.3 is 6.36 Å². The molecule has 4 rings (SSSR count). The van der Waals surface area contributed by atoms with Gasteiger partial charge in [-0.05, 0) is 36.8 Å². The Morgan fingerprint density at radius 3 is 2.33 bits per heavy atom. The van der Waals surface area contributed by atoms with Crippen LogP contribution in [0.2, 0.25) is 10.0 Å². The van der Waals surface area contributed by atoms with Gasteiger partial charge in [0.1, 0.15) is 5.75 Å². The van der Waals surface area contributed by atoms with Crippen molar-refractivity contribution in [2.24, 2.45) is 0 Å². The zero-order valence-electron chi connectivity index (χ0n) is 21.8. The summed E-state index contributed by atoms with van der Waals surface area (Å²) in [5, 5.41) is 11.6. The molecule has 40 heavy (non-hydrogen) atoms. The average molecular weight is 588 g/mol. The monoisotopic (exact) mass is 587 g/mol. The molecule has 1 amide bonds. The van der Waals surface area contributed by atoms with Crippen LogP contribution in [0.3, 0.4) is 0 Å². The van der Waals surface area contributed by atoms with Crippen LogP contribution in [0.5, 0.6) is 11.5 Å². The van der Waals surface area contributed by atoms with Gasteiger partial charge in [-0.1, -0.05) is 52.6 Å². The van der Waals surface area contributed by atoms with Crippen molar-refractivity contribution in [2.75, 3.05) is 5.32 Å². The van der Waals surface area contributed by atoms with E-state index in [0.717, 1.165) is 0 Å². The van der Waals surface area contributed by atoms with Gasteiger partial charge in [0, 0.05) is 11.1 Å². The number of amides is 1. The normalized spacial score (nSPS) is 11.9. The van der Waals surface area contributed by atoms with Gasteiger partial charge in [-0.3, -0.25) is 14.2 Å². The summed E-state index contributed by atoms with van der Waals surface area (Å²) >= 11 is 11.9. The number of para-hydroxylation sites is 1. The van der Waals surface area contributed by atoms with Crippen LogP contribution >= 0.6 is 23.2 Å². The zero-order chi connectivity index (χ0) is 29.6. The Bertz CT molecular complexity index is 1690. The van der Waals surface area contributed by atoms with Crippen LogP contribution in [0.15, 0.2) is 53.3 Å². The molecule has 4 aromatic rings. The number of nitrogens with one attached hydrogen (secondary N) is 1. The van der Waals surface area contributed by atoms with Gasteiger partial charge in [0.15, 0.2) is 5.75 Å². The molecule has 0 fully saturated rings. The van der Waals surface area contributed by atoms with Crippen molar-refractivity contribution >= 4 is 69.2 Å². The third-order valence-electron chi connectivity index (χ3n) is 6.04. The Kier molecular flexibility index (Phi) is 7.93. The predicted octanol–water partition coefficient (Wildman–Crippen LogP) is 2.93. The van der Waals surface area contributed by atoms with Gasteiger partial charge in [0.2, 0.25) is 0 Å². The topological polar surface area (TPSA) is 93.5 Å². The maximum Gasteiger partial charge on any atom is 0.573 e. The van der Waals surface area contributed by atoms with E-state index in [0.29, 0.717) is 16.9 Å². The lowest BCUT2D eigenvalue weighted by atomic mass is 9.42. The first-order valence-electron chi connectivity index (χ1n) is 11.9. The molecule has 1 heterocycles. The number of aromatic hydroxyl groups is 1. The highest BCUT2D eigenvalue weighted by atomic mass is 35.5. The van der Waals surface area contributed by atoms with Crippen LogP contribution in [0.4, 0.5) is 18.9 Å². The highest BCUT2D eigenvalue weighted by Gasteiger charge is 2.32. The number of fused-ring (bicyclic) bond motifs is 1. The van der Waals surface area contributed by atoms with Gasteiger partial charge < -0.3 is 15.2 Å². The van der Waals surface area contributed by atoms with Gasteiger partial charge in [0.25, 0.3) is 11.5 Å². The van der Waals surface area contributed by atoms with E-state index in [1.807, 2.05) is 23.5 Å². The number of nitrogens with zero attached hydrogens (tertiary/aromatic N) is 2. The van der Waals surface area contributed by atoms with Gasteiger partial charge in [-0.2, -0.15) is 0 Å². The predicted molar refractivity (Wildman–Crippen MR) is 156 cm³/mol. The molecule has 204 valence electrons. The van der Waals surface area contributed by atoms with Crippen molar-refractivity contribution in [3.63, 3.8) is 0 Å². The van der Waals surface area contributed by atoms with Crippen LogP contribution in [-0.4, -0.2) is 50.5 Å². The number of hydrogen-bond acceptors (Lipinski definition) is 5. The highest BCUT2D eigenvalue weighted by molar-refractivity contribution is 6.58. The molecule has 0 spiro atoms. The second-order valence-electron chi connectivity index (χ2n) is 10.1. The molecule has 3 aromatic carbocycles. The number of carbonyl (C=O) groups excluding carboxylic acids is 1. The lowest BCUT2D eigenvalue weighted by Gasteiger charge is -2.25. The molecule has 0 aliphatic heterocycles. The third kappa shape index (κ3) is 6.10. The van der Waals surface area contributed by atoms with Crippen LogP contribution in [0.1, 0.15) is 27.3 Å². The molecule has 0 saturated carbocycles. The van der Waals surface area contributed by atoms with Gasteiger partial charge in [-0.25, -0.2) is 4.98 Å². The first kappa shape index (κ1) is 29.4. The van der Waals surface area contributed by atoms with E-state index in [1.165, 1.54) is 41.0 Å². The minimum absolute atomic E-state index is 0.0272. The second-order valence-corrected chi connectivity index (χ2v) is 10.9. The third-order valence-corrected chi connectivity index (χ3v) is 6.61. The van der Waals surface area contributed by atoms with Crippen molar-refractivity contribution in [1.82, 2.24) is 9.55 Å². The van der Waals surface area contributed by atoms with E-state index in [2.05, 4.69) is 10.1 Å². The fraction of sp³-hybridized carbons (Fsp3) is 0.160. The number of carbonyl (C=O) groups is 1. The lowest BCUT2D eigenvalue weighted by molar-refractivity contribution is -0.274. The molecule has 2 N–H and O–H groups in total. The van der Waals surface area contributed by atoms with Gasteiger partial charge in [-0.15, -0.1) is 13.2 Å². The molecule has 0 aliphatic rings. The summed E-state index contributed by atoms with van der Waals surface area (Å²) in [7, 11) is 5.48. The summed E-state index contributed by atoms with van der Waals surface area (Å²) in [6, 6.07) is 11.2. The zero-order valence-corrected chi connectivity index (χ0v) is 23.3. The fourth-order valence-corrected chi connectivity index (χ4v) is 4.68. The summed E-state index contributed by atoms with van der Waals surface area (Å²) in [6.07, 6.45) is -4.93. The Labute approximate surface area is 239 Å². The maximum atomic E-state index is 14.1. The molecule has 0 aliphatic carbocycles. The van der Waals surface area contributed by atoms with Crippen LogP contribution in [0.25, 0.3) is 10.9 Å². The molecular weight excluding hydrogens is 567 g/mol. The quantitative estimate of drug-likeness (QED) is 0.339. The molecule has 1 aromatic heterocycles. The first-order chi connectivity index (χ1) is 18.6. The summed E-state index contributed by atoms with van der Waals surface area (Å²) in [4.78, 5) is 31.9. The summed E-state index contributed by atoms with van der Waals surface area (Å²) in [5.74, 6) is -1.16. The molecule has 0 unspecified atom stereocenters. The number of aromatic nitrogens is 2. The van der Waals surface area contributed by atoms with E-state index in [-0.39, 0.29) is 44.5 Å². The van der Waals surface area contributed by atoms with E-state index < -0.39 is 28.7 Å². The van der Waals surface area contributed by atoms with Crippen molar-refractivity contribution in [2.45, 2.75) is 24.9 Å². The number of phenolic OH excluding ortho intramolecular Hbond substituents is 1. The number of phenols is 1. The van der Waals surface area contributed by atoms with E-state index in [9.17, 15) is 27.9 Å². The van der Waals surface area contributed by atoms with Gasteiger partial charge in [0.05, 0.1) is 62.5 Å². The summed E-state index contributed by atoms with van der Waals surface area (Å²) in [5.41, 5.74) is 0.666. The van der Waals surface area contributed by atoms with Crippen molar-refractivity contribution in [3.8, 4) is 11.5 Å². The van der Waals surface area contributed by atoms with E-state index in [4.69, 9.17) is 28.2 Å². The van der Waals surface area contributed by atoms with Crippen molar-refractivity contribution in [1.29, 1.82) is 0 Å². The lowest BCUT2D eigenvalue weighted by Crippen LogP contribution is -2.38. The number of halogens is 5. The fourth-order valence-electron chi connectivity index (χ4n) is 4.20. The number of rotatable bonds is 6. The summed E-state index contributed by atoms with van der Waals surface area (Å²) in [6.45, 7) is 1.48. The van der Waals surface area contributed by atoms with Crippen LogP contribution in [-0.2, 0) is 11.7 Å². The smallest absolute Gasteiger partial charge is 0.505 e. The Morgan fingerprint density at radius 2 is 1.73 bits per heavy atom. The number of ether oxygens (including phenoxy) is 1. The van der Waals surface area contributed by atoms with Crippen molar-refractivity contribution in [3.05, 3.63) is 91.4 Å². The number of alkyl halides is 3. The molecule has 15 heteroatoms. The Morgan fingerprint density at radius 1 is 1.10 bits per heavy atom. The SMILES string of the molecule is BC(B)(B)c1nc2c(C)ccc(NC(=O)c3cc(Cl)c(O)c(Cl)c3)c2c(=O)n1Cc1ccccc1OC(F)(F)F. The number of aryl methyl sites for hydroxylation is 1. The molecule has 0 atom stereocenters. The first-order valence-corrected chi connectivity index (χ1v) is 12.7. The molecule has 0 bridgehead atoms. The molecule has 7 nitrogen and oxygen atoms in total. The van der Waals surface area contributed by atoms with E-state index >= 15 is 0 Å².